The average Bonchev–Trinajstić information content (AvgIpc) is 2.79. The number of nitrogens with one attached hydrogen (secondary N) is 1. The van der Waals surface area contributed by atoms with Crippen LogP contribution in [0.25, 0.3) is 0 Å². The zero-order valence-electron chi connectivity index (χ0n) is 15.0. The third-order valence-electron chi connectivity index (χ3n) is 5.78. The number of urea groups is 1. The van der Waals surface area contributed by atoms with Crippen LogP contribution in [0.2, 0.25) is 0 Å². The van der Waals surface area contributed by atoms with Crippen molar-refractivity contribution in [1.29, 1.82) is 0 Å². The van der Waals surface area contributed by atoms with Crippen LogP contribution in [0.4, 0.5) is 4.79 Å². The van der Waals surface area contributed by atoms with Gasteiger partial charge in [0, 0.05) is 24.9 Å². The zero-order valence-corrected chi connectivity index (χ0v) is 15.0. The summed E-state index contributed by atoms with van der Waals surface area (Å²) >= 11 is 0. The van der Waals surface area contributed by atoms with E-state index in [-0.39, 0.29) is 42.0 Å². The highest BCUT2D eigenvalue weighted by molar-refractivity contribution is 5.77. The van der Waals surface area contributed by atoms with Crippen LogP contribution in [-0.2, 0) is 14.3 Å². The van der Waals surface area contributed by atoms with Crippen LogP contribution in [0.3, 0.4) is 0 Å². The van der Waals surface area contributed by atoms with E-state index < -0.39 is 0 Å². The second kappa shape index (κ2) is 7.88. The smallest absolute Gasteiger partial charge is 0.320 e. The lowest BCUT2D eigenvalue weighted by Gasteiger charge is -2.40. The normalized spacial score (nSPS) is 36.4. The maximum atomic E-state index is 13.1. The first-order valence-corrected chi connectivity index (χ1v) is 9.21. The van der Waals surface area contributed by atoms with Crippen LogP contribution in [0.5, 0.6) is 0 Å². The maximum Gasteiger partial charge on any atom is 0.320 e. The molecule has 0 aromatic rings. The van der Waals surface area contributed by atoms with Gasteiger partial charge >= 0.3 is 6.03 Å². The Labute approximate surface area is 148 Å². The second-order valence-electron chi connectivity index (χ2n) is 7.52. The van der Waals surface area contributed by atoms with Crippen molar-refractivity contribution in [2.75, 3.05) is 32.9 Å². The van der Waals surface area contributed by atoms with Gasteiger partial charge in [-0.15, -0.1) is 0 Å². The number of morpholine rings is 1. The maximum absolute atomic E-state index is 13.1. The van der Waals surface area contributed by atoms with Crippen LogP contribution in [0, 0.1) is 11.8 Å². The summed E-state index contributed by atoms with van der Waals surface area (Å²) in [5.41, 5.74) is 1.75. The minimum atomic E-state index is -0.339. The Bertz CT molecular complexity index is 503. The molecule has 0 bridgehead atoms. The molecule has 0 spiro atoms. The number of carbonyl (C=O) groups excluding carboxylic acids is 2. The number of hydrogen-bond acceptors (Lipinski definition) is 5. The highest BCUT2D eigenvalue weighted by Crippen LogP contribution is 2.34. The Morgan fingerprint density at radius 2 is 1.88 bits per heavy atom. The van der Waals surface area contributed by atoms with Gasteiger partial charge in [0.05, 0.1) is 38.0 Å². The number of rotatable bonds is 1. The van der Waals surface area contributed by atoms with E-state index in [0.29, 0.717) is 45.8 Å². The lowest BCUT2D eigenvalue weighted by Crippen LogP contribution is -2.55. The molecular weight excluding hydrogens is 326 g/mol. The summed E-state index contributed by atoms with van der Waals surface area (Å²) in [5.74, 6) is -0.328. The molecule has 3 fully saturated rings. The molecule has 8 heteroatoms. The van der Waals surface area contributed by atoms with Crippen LogP contribution in [-0.4, -0.2) is 78.0 Å². The van der Waals surface area contributed by atoms with E-state index in [1.54, 1.807) is 5.48 Å². The molecule has 142 valence electrons. The van der Waals surface area contributed by atoms with Crippen molar-refractivity contribution in [3.63, 3.8) is 0 Å². The van der Waals surface area contributed by atoms with Gasteiger partial charge in [-0.3, -0.25) is 10.0 Å². The summed E-state index contributed by atoms with van der Waals surface area (Å²) in [6, 6.07) is 0.137. The first-order chi connectivity index (χ1) is 12.0. The fraction of sp³-hybridized carbons (Fsp3) is 0.882. The van der Waals surface area contributed by atoms with Crippen molar-refractivity contribution in [3.05, 3.63) is 0 Å². The van der Waals surface area contributed by atoms with Crippen LogP contribution in [0.15, 0.2) is 0 Å². The molecule has 0 aromatic heterocycles. The predicted octanol–water partition coefficient (Wildman–Crippen LogP) is 0.838. The Balaban J connectivity index is 1.67. The molecule has 2 aliphatic heterocycles. The van der Waals surface area contributed by atoms with E-state index >= 15 is 0 Å². The molecule has 2 N–H and O–H groups in total. The molecule has 25 heavy (non-hydrogen) atoms. The Morgan fingerprint density at radius 1 is 1.12 bits per heavy atom. The summed E-state index contributed by atoms with van der Waals surface area (Å²) in [5, 5.41) is 8.86. The molecule has 0 radical (unpaired) electrons. The molecular formula is C17H29N3O5. The van der Waals surface area contributed by atoms with Gasteiger partial charge in [0.2, 0.25) is 5.91 Å². The third-order valence-corrected chi connectivity index (χ3v) is 5.78. The SMILES string of the molecule is CC1COCCN1C(=O)N1CC2CCC(C(=O)NO)CC2OC[C@@H]1C. The topological polar surface area (TPSA) is 91.3 Å². The highest BCUT2D eigenvalue weighted by Gasteiger charge is 2.41. The molecule has 2 heterocycles. The molecule has 4 unspecified atom stereocenters. The van der Waals surface area contributed by atoms with Crippen molar-refractivity contribution in [1.82, 2.24) is 15.3 Å². The number of carbonyl (C=O) groups is 2. The minimum Gasteiger partial charge on any atom is -0.377 e. The van der Waals surface area contributed by atoms with Crippen molar-refractivity contribution in [2.45, 2.75) is 51.3 Å². The summed E-state index contributed by atoms with van der Waals surface area (Å²) in [6.07, 6.45) is 2.08. The molecule has 3 aliphatic rings. The molecule has 1 aliphatic carbocycles. The first-order valence-electron chi connectivity index (χ1n) is 9.21. The van der Waals surface area contributed by atoms with Crippen molar-refractivity contribution < 1.29 is 24.3 Å². The van der Waals surface area contributed by atoms with E-state index in [4.69, 9.17) is 14.7 Å². The van der Waals surface area contributed by atoms with Gasteiger partial charge < -0.3 is 19.3 Å². The molecule has 8 nitrogen and oxygen atoms in total. The Morgan fingerprint density at radius 3 is 2.60 bits per heavy atom. The van der Waals surface area contributed by atoms with E-state index in [1.807, 2.05) is 23.6 Å². The summed E-state index contributed by atoms with van der Waals surface area (Å²) < 4.78 is 11.5. The second-order valence-corrected chi connectivity index (χ2v) is 7.52. The highest BCUT2D eigenvalue weighted by atomic mass is 16.5. The fourth-order valence-electron chi connectivity index (χ4n) is 4.16. The standard InChI is InChI=1S/C17H29N3O5/c1-11-9-24-6-5-19(11)17(22)20-8-14-4-3-13(16(21)18-23)7-15(14)25-10-12(20)2/h11-15,23H,3-10H2,1-2H3,(H,18,21)/t11?,12-,13?,14?,15?/m0/s1. The van der Waals surface area contributed by atoms with Crippen molar-refractivity contribution in [3.8, 4) is 0 Å². The van der Waals surface area contributed by atoms with Gasteiger partial charge in [0.25, 0.3) is 0 Å². The van der Waals surface area contributed by atoms with Crippen LogP contribution >= 0.6 is 0 Å². The van der Waals surface area contributed by atoms with Gasteiger partial charge in [0.1, 0.15) is 0 Å². The lowest BCUT2D eigenvalue weighted by atomic mass is 9.79. The Kier molecular flexibility index (Phi) is 5.81. The number of hydrogen-bond donors (Lipinski definition) is 2. The summed E-state index contributed by atoms with van der Waals surface area (Å²) in [6.45, 7) is 6.93. The van der Waals surface area contributed by atoms with Gasteiger partial charge in [-0.2, -0.15) is 0 Å². The number of hydroxylamine groups is 1. The first kappa shape index (κ1) is 18.4. The largest absolute Gasteiger partial charge is 0.377 e. The number of nitrogens with zero attached hydrogens (tertiary/aromatic N) is 2. The average molecular weight is 355 g/mol. The molecule has 3 rings (SSSR count). The van der Waals surface area contributed by atoms with Gasteiger partial charge in [-0.25, -0.2) is 10.3 Å². The predicted molar refractivity (Wildman–Crippen MR) is 89.1 cm³/mol. The molecule has 3 amide bonds. The summed E-state index contributed by atoms with van der Waals surface area (Å²) in [4.78, 5) is 28.6. The number of ether oxygens (including phenoxy) is 2. The quantitative estimate of drug-likeness (QED) is 0.537. The molecule has 2 saturated heterocycles. The zero-order chi connectivity index (χ0) is 18.0. The molecule has 0 aromatic carbocycles. The van der Waals surface area contributed by atoms with E-state index in [9.17, 15) is 9.59 Å². The van der Waals surface area contributed by atoms with Crippen molar-refractivity contribution >= 4 is 11.9 Å². The minimum absolute atomic E-state index is 0.00161. The van der Waals surface area contributed by atoms with Crippen LogP contribution in [0.1, 0.15) is 33.1 Å². The third kappa shape index (κ3) is 3.91. The molecule has 5 atom stereocenters. The number of amides is 3. The monoisotopic (exact) mass is 355 g/mol. The Hall–Kier alpha value is -1.38. The molecule has 1 saturated carbocycles. The fourth-order valence-corrected chi connectivity index (χ4v) is 4.16. The lowest BCUT2D eigenvalue weighted by molar-refractivity contribution is -0.137. The van der Waals surface area contributed by atoms with Gasteiger partial charge in [0.15, 0.2) is 0 Å². The van der Waals surface area contributed by atoms with E-state index in [0.717, 1.165) is 6.42 Å². The summed E-state index contributed by atoms with van der Waals surface area (Å²) in [7, 11) is 0. The van der Waals surface area contributed by atoms with E-state index in [1.165, 1.54) is 0 Å². The number of fused-ring (bicyclic) bond motifs is 1. The van der Waals surface area contributed by atoms with E-state index in [2.05, 4.69) is 0 Å². The van der Waals surface area contributed by atoms with Crippen LogP contribution < -0.4 is 5.48 Å². The van der Waals surface area contributed by atoms with Gasteiger partial charge in [-0.1, -0.05) is 0 Å². The van der Waals surface area contributed by atoms with Gasteiger partial charge in [-0.05, 0) is 33.1 Å². The van der Waals surface area contributed by atoms with Crippen molar-refractivity contribution in [2.24, 2.45) is 11.8 Å².